The third kappa shape index (κ3) is 14.9. The number of carbonyl (C=O) groups is 1. The second kappa shape index (κ2) is 14.0. The van der Waals surface area contributed by atoms with Crippen LogP contribution in [0.4, 0.5) is 0 Å². The molecule has 0 aromatic heterocycles. The summed E-state index contributed by atoms with van der Waals surface area (Å²) in [7, 11) is 0. The van der Waals surface area contributed by atoms with Crippen molar-refractivity contribution in [3.8, 4) is 0 Å². The molecule has 0 atom stereocenters. The minimum absolute atomic E-state index is 0.249. The Morgan fingerprint density at radius 2 is 1.44 bits per heavy atom. The van der Waals surface area contributed by atoms with Crippen LogP contribution in [0.1, 0.15) is 71.6 Å². The van der Waals surface area contributed by atoms with Gasteiger partial charge in [-0.05, 0) is 38.2 Å². The largest absolute Gasteiger partial charge is 0.435 e. The van der Waals surface area contributed by atoms with Gasteiger partial charge in [-0.3, -0.25) is 4.79 Å². The van der Waals surface area contributed by atoms with Crippen molar-refractivity contribution in [2.45, 2.75) is 71.6 Å². The first-order chi connectivity index (χ1) is 8.77. The van der Waals surface area contributed by atoms with E-state index in [1.807, 2.05) is 6.08 Å². The molecule has 2 nitrogen and oxygen atoms in total. The number of hydrogen-bond acceptors (Lipinski definition) is 2. The van der Waals surface area contributed by atoms with Crippen molar-refractivity contribution >= 4 is 5.97 Å². The molecule has 0 N–H and O–H groups in total. The van der Waals surface area contributed by atoms with E-state index in [-0.39, 0.29) is 5.97 Å². The molecule has 0 aromatic carbocycles. The minimum Gasteiger partial charge on any atom is -0.435 e. The van der Waals surface area contributed by atoms with Gasteiger partial charge in [-0.25, -0.2) is 0 Å². The van der Waals surface area contributed by atoms with Gasteiger partial charge in [-0.1, -0.05) is 44.8 Å². The fourth-order valence-corrected chi connectivity index (χ4v) is 1.65. The van der Waals surface area contributed by atoms with Crippen molar-refractivity contribution in [3.63, 3.8) is 0 Å². The predicted octanol–water partition coefficient (Wildman–Crippen LogP) is 5.15. The van der Waals surface area contributed by atoms with Gasteiger partial charge in [0.05, 0.1) is 6.26 Å². The van der Waals surface area contributed by atoms with Gasteiger partial charge < -0.3 is 4.74 Å². The van der Waals surface area contributed by atoms with E-state index >= 15 is 0 Å². The highest BCUT2D eigenvalue weighted by atomic mass is 16.5. The Morgan fingerprint density at radius 3 is 2.00 bits per heavy atom. The maximum Gasteiger partial charge on any atom is 0.307 e. The third-order valence-electron chi connectivity index (χ3n) is 2.71. The van der Waals surface area contributed by atoms with Crippen molar-refractivity contribution < 1.29 is 9.53 Å². The Labute approximate surface area is 112 Å². The van der Waals surface area contributed by atoms with Crippen molar-refractivity contribution in [2.75, 3.05) is 0 Å². The van der Waals surface area contributed by atoms with Crippen LogP contribution < -0.4 is 0 Å². The summed E-state index contributed by atoms with van der Waals surface area (Å²) < 4.78 is 4.71. The highest BCUT2D eigenvalue weighted by molar-refractivity contribution is 5.66. The number of allylic oxidation sites excluding steroid dienone is 3. The Kier molecular flexibility index (Phi) is 13.2. The highest BCUT2D eigenvalue weighted by Gasteiger charge is 1.88. The highest BCUT2D eigenvalue weighted by Crippen LogP contribution is 2.07. The maximum absolute atomic E-state index is 10.5. The number of rotatable bonds is 11. The number of carbonyl (C=O) groups excluding carboxylic acids is 1. The van der Waals surface area contributed by atoms with E-state index in [1.54, 1.807) is 0 Å². The van der Waals surface area contributed by atoms with Gasteiger partial charge in [0.2, 0.25) is 0 Å². The van der Waals surface area contributed by atoms with Crippen LogP contribution in [0.15, 0.2) is 24.5 Å². The van der Waals surface area contributed by atoms with Crippen LogP contribution in [0.25, 0.3) is 0 Å². The van der Waals surface area contributed by atoms with Gasteiger partial charge in [0.15, 0.2) is 0 Å². The van der Waals surface area contributed by atoms with E-state index in [1.165, 1.54) is 64.6 Å². The molecule has 0 unspecified atom stereocenters. The lowest BCUT2D eigenvalue weighted by atomic mass is 10.1. The van der Waals surface area contributed by atoms with Crippen LogP contribution in [0, 0.1) is 0 Å². The van der Waals surface area contributed by atoms with Crippen molar-refractivity contribution in [1.29, 1.82) is 0 Å². The molecule has 2 heteroatoms. The number of esters is 1. The second-order valence-corrected chi connectivity index (χ2v) is 4.59. The molecule has 0 aliphatic carbocycles. The molecule has 0 bridgehead atoms. The van der Waals surface area contributed by atoms with Crippen LogP contribution in [-0.2, 0) is 9.53 Å². The van der Waals surface area contributed by atoms with Crippen molar-refractivity contribution in [3.05, 3.63) is 24.5 Å². The average molecular weight is 252 g/mol. The van der Waals surface area contributed by atoms with Crippen LogP contribution in [0.2, 0.25) is 0 Å². The lowest BCUT2D eigenvalue weighted by Gasteiger charge is -1.97. The van der Waals surface area contributed by atoms with Gasteiger partial charge in [0.1, 0.15) is 0 Å². The van der Waals surface area contributed by atoms with E-state index in [0.717, 1.165) is 6.42 Å². The zero-order chi connectivity index (χ0) is 13.5. The van der Waals surface area contributed by atoms with E-state index in [9.17, 15) is 4.79 Å². The molecule has 104 valence electrons. The van der Waals surface area contributed by atoms with Gasteiger partial charge in [0, 0.05) is 6.92 Å². The molecule has 0 heterocycles. The molecule has 0 amide bonds. The summed E-state index contributed by atoms with van der Waals surface area (Å²) in [6.45, 7) is 3.64. The molecule has 18 heavy (non-hydrogen) atoms. The molecule has 0 saturated heterocycles. The first-order valence-electron chi connectivity index (χ1n) is 7.24. The van der Waals surface area contributed by atoms with E-state index < -0.39 is 0 Å². The maximum atomic E-state index is 10.5. The van der Waals surface area contributed by atoms with Crippen LogP contribution >= 0.6 is 0 Å². The Hall–Kier alpha value is -1.05. The molecule has 0 fully saturated rings. The fourth-order valence-electron chi connectivity index (χ4n) is 1.65. The van der Waals surface area contributed by atoms with E-state index in [0.29, 0.717) is 0 Å². The topological polar surface area (TPSA) is 26.3 Å². The predicted molar refractivity (Wildman–Crippen MR) is 77.3 cm³/mol. The zero-order valence-corrected chi connectivity index (χ0v) is 12.0. The second-order valence-electron chi connectivity index (χ2n) is 4.59. The van der Waals surface area contributed by atoms with Crippen LogP contribution in [0.3, 0.4) is 0 Å². The molecule has 0 aliphatic rings. The smallest absolute Gasteiger partial charge is 0.307 e. The molecule has 0 aliphatic heterocycles. The molecule has 0 spiro atoms. The average Bonchev–Trinajstić information content (AvgIpc) is 2.34. The van der Waals surface area contributed by atoms with Gasteiger partial charge >= 0.3 is 5.97 Å². The number of ether oxygens (including phenoxy) is 1. The summed E-state index contributed by atoms with van der Waals surface area (Å²) in [6, 6.07) is 0. The van der Waals surface area contributed by atoms with Gasteiger partial charge in [-0.2, -0.15) is 0 Å². The Balaban J connectivity index is 3.14. The molecular weight excluding hydrogens is 224 g/mol. The van der Waals surface area contributed by atoms with Crippen LogP contribution in [-0.4, -0.2) is 5.97 Å². The monoisotopic (exact) mass is 252 g/mol. The van der Waals surface area contributed by atoms with Gasteiger partial charge in [-0.15, -0.1) is 0 Å². The fraction of sp³-hybridized carbons (Fsp3) is 0.688. The molecule has 0 aromatic rings. The van der Waals surface area contributed by atoms with Crippen LogP contribution in [0.5, 0.6) is 0 Å². The molecule has 0 rings (SSSR count). The Morgan fingerprint density at radius 1 is 0.889 bits per heavy atom. The lowest BCUT2D eigenvalue weighted by molar-refractivity contribution is -0.135. The van der Waals surface area contributed by atoms with E-state index in [4.69, 9.17) is 4.74 Å². The third-order valence-corrected chi connectivity index (χ3v) is 2.71. The summed E-state index contributed by atoms with van der Waals surface area (Å²) in [5, 5.41) is 0. The summed E-state index contributed by atoms with van der Waals surface area (Å²) in [5.74, 6) is -0.249. The number of hydrogen-bond donors (Lipinski definition) is 0. The molecular formula is C16H28O2. The summed E-state index contributed by atoms with van der Waals surface area (Å²) in [4.78, 5) is 10.5. The van der Waals surface area contributed by atoms with Crippen molar-refractivity contribution in [1.82, 2.24) is 0 Å². The quantitative estimate of drug-likeness (QED) is 0.220. The zero-order valence-electron chi connectivity index (χ0n) is 12.0. The Bertz CT molecular complexity index is 241. The SMILES string of the molecule is CCCCC=CCCCCCC/C=C\OC(C)=O. The number of unbranched alkanes of at least 4 members (excludes halogenated alkanes) is 7. The van der Waals surface area contributed by atoms with Gasteiger partial charge in [0.25, 0.3) is 0 Å². The van der Waals surface area contributed by atoms with Crippen molar-refractivity contribution in [2.24, 2.45) is 0 Å². The first kappa shape index (κ1) is 16.9. The normalized spacial score (nSPS) is 11.4. The van der Waals surface area contributed by atoms with E-state index in [2.05, 4.69) is 19.1 Å². The lowest BCUT2D eigenvalue weighted by Crippen LogP contribution is -1.89. The first-order valence-corrected chi connectivity index (χ1v) is 7.24. The summed E-state index contributed by atoms with van der Waals surface area (Å²) in [6.07, 6.45) is 19.1. The summed E-state index contributed by atoms with van der Waals surface area (Å²) in [5.41, 5.74) is 0. The standard InChI is InChI=1S/C16H28O2/c1-3-4-5-6-7-8-9-10-11-12-13-14-15-18-16(2)17/h6-7,14-15H,3-5,8-13H2,1-2H3/b7-6?,15-14-. The molecule has 0 saturated carbocycles. The summed E-state index contributed by atoms with van der Waals surface area (Å²) >= 11 is 0. The molecule has 0 radical (unpaired) electrons. The minimum atomic E-state index is -0.249.